The SMILES string of the molecule is Cc1ccc(C)c(-n2c(C)nnc2SCC(=O)NC(C)C23CC4CC(CC(C4)C2)C3)c1. The lowest BCUT2D eigenvalue weighted by molar-refractivity contribution is -0.123. The molecule has 6 heteroatoms. The minimum atomic E-state index is 0.112. The molecular formula is C25H34N4OS. The fourth-order valence-electron chi connectivity index (χ4n) is 6.95. The van der Waals surface area contributed by atoms with Crippen molar-refractivity contribution in [2.24, 2.45) is 23.2 Å². The van der Waals surface area contributed by atoms with Gasteiger partial charge in [0.1, 0.15) is 5.82 Å². The first kappa shape index (κ1) is 21.0. The third-order valence-electron chi connectivity index (χ3n) is 8.11. The van der Waals surface area contributed by atoms with Gasteiger partial charge in [-0.1, -0.05) is 23.9 Å². The number of aryl methyl sites for hydroxylation is 3. The monoisotopic (exact) mass is 438 g/mol. The summed E-state index contributed by atoms with van der Waals surface area (Å²) in [6.45, 7) is 8.41. The normalized spacial score (nSPS) is 29.9. The summed E-state index contributed by atoms with van der Waals surface area (Å²) in [5.41, 5.74) is 3.80. The number of carbonyl (C=O) groups excluding carboxylic acids is 1. The molecule has 31 heavy (non-hydrogen) atoms. The molecule has 0 radical (unpaired) electrons. The molecule has 0 saturated heterocycles. The van der Waals surface area contributed by atoms with Gasteiger partial charge in [-0.05, 0) is 107 Å². The van der Waals surface area contributed by atoms with Crippen molar-refractivity contribution < 1.29 is 4.79 Å². The molecule has 1 aromatic heterocycles. The van der Waals surface area contributed by atoms with Crippen LogP contribution in [0.5, 0.6) is 0 Å². The van der Waals surface area contributed by atoms with Crippen LogP contribution in [0.3, 0.4) is 0 Å². The van der Waals surface area contributed by atoms with Gasteiger partial charge in [-0.25, -0.2) is 0 Å². The van der Waals surface area contributed by atoms with Crippen LogP contribution in [0.2, 0.25) is 0 Å². The van der Waals surface area contributed by atoms with Crippen molar-refractivity contribution in [2.45, 2.75) is 77.4 Å². The van der Waals surface area contributed by atoms with Crippen LogP contribution in [-0.2, 0) is 4.79 Å². The second kappa shape index (κ2) is 7.95. The highest BCUT2D eigenvalue weighted by atomic mass is 32.2. The molecule has 6 rings (SSSR count). The Hall–Kier alpha value is -1.82. The Kier molecular flexibility index (Phi) is 5.40. The van der Waals surface area contributed by atoms with E-state index in [1.54, 1.807) is 0 Å². The third-order valence-corrected chi connectivity index (χ3v) is 9.04. The van der Waals surface area contributed by atoms with Crippen LogP contribution in [0.15, 0.2) is 23.4 Å². The summed E-state index contributed by atoms with van der Waals surface area (Å²) >= 11 is 1.48. The van der Waals surface area contributed by atoms with Gasteiger partial charge < -0.3 is 5.32 Å². The molecule has 4 bridgehead atoms. The zero-order valence-electron chi connectivity index (χ0n) is 19.1. The molecule has 4 saturated carbocycles. The van der Waals surface area contributed by atoms with E-state index in [4.69, 9.17) is 0 Å². The average molecular weight is 439 g/mol. The number of rotatable bonds is 6. The summed E-state index contributed by atoms with van der Waals surface area (Å²) in [6, 6.07) is 6.65. The first-order valence-electron chi connectivity index (χ1n) is 11.7. The predicted molar refractivity (Wildman–Crippen MR) is 125 cm³/mol. The van der Waals surface area contributed by atoms with Crippen molar-refractivity contribution in [3.05, 3.63) is 35.2 Å². The van der Waals surface area contributed by atoms with Crippen LogP contribution < -0.4 is 5.32 Å². The van der Waals surface area contributed by atoms with Gasteiger partial charge in [0.05, 0.1) is 11.4 Å². The Balaban J connectivity index is 1.25. The molecule has 4 aliphatic rings. The van der Waals surface area contributed by atoms with Gasteiger partial charge in [-0.2, -0.15) is 0 Å². The molecule has 1 heterocycles. The van der Waals surface area contributed by atoms with Gasteiger partial charge in [0, 0.05) is 6.04 Å². The first-order chi connectivity index (χ1) is 14.8. The molecule has 1 atom stereocenters. The molecule has 166 valence electrons. The van der Waals surface area contributed by atoms with E-state index in [0.29, 0.717) is 11.2 Å². The Morgan fingerprint density at radius 3 is 2.42 bits per heavy atom. The number of hydrogen-bond acceptors (Lipinski definition) is 4. The van der Waals surface area contributed by atoms with E-state index in [0.717, 1.165) is 34.4 Å². The Morgan fingerprint density at radius 2 is 1.77 bits per heavy atom. The number of thioether (sulfide) groups is 1. The Morgan fingerprint density at radius 1 is 1.13 bits per heavy atom. The van der Waals surface area contributed by atoms with Crippen LogP contribution in [0.4, 0.5) is 0 Å². The van der Waals surface area contributed by atoms with Crippen LogP contribution in [-0.4, -0.2) is 32.5 Å². The van der Waals surface area contributed by atoms with Crippen molar-refractivity contribution in [1.82, 2.24) is 20.1 Å². The largest absolute Gasteiger partial charge is 0.352 e. The molecule has 2 aromatic rings. The van der Waals surface area contributed by atoms with Gasteiger partial charge >= 0.3 is 0 Å². The van der Waals surface area contributed by atoms with Crippen molar-refractivity contribution in [2.75, 3.05) is 5.75 Å². The molecule has 1 aromatic carbocycles. The molecule has 1 unspecified atom stereocenters. The van der Waals surface area contributed by atoms with Gasteiger partial charge in [0.25, 0.3) is 0 Å². The lowest BCUT2D eigenvalue weighted by atomic mass is 9.48. The summed E-state index contributed by atoms with van der Waals surface area (Å²) in [7, 11) is 0. The van der Waals surface area contributed by atoms with E-state index in [9.17, 15) is 4.79 Å². The topological polar surface area (TPSA) is 59.8 Å². The molecule has 4 aliphatic carbocycles. The molecule has 1 N–H and O–H groups in total. The maximum absolute atomic E-state index is 12.9. The fraction of sp³-hybridized carbons (Fsp3) is 0.640. The van der Waals surface area contributed by atoms with Gasteiger partial charge in [0.2, 0.25) is 5.91 Å². The van der Waals surface area contributed by atoms with Crippen molar-refractivity contribution >= 4 is 17.7 Å². The number of nitrogens with one attached hydrogen (secondary N) is 1. The van der Waals surface area contributed by atoms with E-state index < -0.39 is 0 Å². The molecule has 4 fully saturated rings. The lowest BCUT2D eigenvalue weighted by Gasteiger charge is -2.59. The third kappa shape index (κ3) is 3.92. The van der Waals surface area contributed by atoms with Crippen molar-refractivity contribution in [3.63, 3.8) is 0 Å². The van der Waals surface area contributed by atoms with Gasteiger partial charge in [0.15, 0.2) is 5.16 Å². The van der Waals surface area contributed by atoms with Gasteiger partial charge in [-0.15, -0.1) is 10.2 Å². The summed E-state index contributed by atoms with van der Waals surface area (Å²) in [4.78, 5) is 12.9. The number of nitrogens with zero attached hydrogens (tertiary/aromatic N) is 3. The number of aromatic nitrogens is 3. The Labute approximate surface area is 189 Å². The Bertz CT molecular complexity index is 962. The standard InChI is InChI=1S/C25H34N4OS/c1-15-5-6-16(2)22(7-15)29-18(4)27-28-24(29)31-14-23(30)26-17(3)25-11-19-8-20(12-25)10-21(9-19)13-25/h5-7,17,19-21H,8-14H2,1-4H3,(H,26,30). The van der Waals surface area contributed by atoms with Crippen molar-refractivity contribution in [3.8, 4) is 5.69 Å². The second-order valence-corrected chi connectivity index (χ2v) is 11.5. The van der Waals surface area contributed by atoms with E-state index in [2.05, 4.69) is 59.1 Å². The van der Waals surface area contributed by atoms with Crippen molar-refractivity contribution in [1.29, 1.82) is 0 Å². The number of hydrogen-bond donors (Lipinski definition) is 1. The summed E-state index contributed by atoms with van der Waals surface area (Å²) in [5.74, 6) is 4.04. The molecule has 0 aliphatic heterocycles. The van der Waals surface area contributed by atoms with E-state index >= 15 is 0 Å². The van der Waals surface area contributed by atoms with Crippen LogP contribution in [0, 0.1) is 43.9 Å². The predicted octanol–water partition coefficient (Wildman–Crippen LogP) is 5.01. The van der Waals surface area contributed by atoms with Crippen LogP contribution in [0.25, 0.3) is 5.69 Å². The lowest BCUT2D eigenvalue weighted by Crippen LogP contribution is -2.56. The molecule has 1 amide bonds. The summed E-state index contributed by atoms with van der Waals surface area (Å²) in [6.07, 6.45) is 8.24. The molecule has 5 nitrogen and oxygen atoms in total. The smallest absolute Gasteiger partial charge is 0.230 e. The highest BCUT2D eigenvalue weighted by molar-refractivity contribution is 7.99. The van der Waals surface area contributed by atoms with Crippen LogP contribution in [0.1, 0.15) is 62.4 Å². The quantitative estimate of drug-likeness (QED) is 0.645. The first-order valence-corrected chi connectivity index (χ1v) is 12.7. The minimum absolute atomic E-state index is 0.112. The number of amides is 1. The maximum Gasteiger partial charge on any atom is 0.230 e. The van der Waals surface area contributed by atoms with Crippen LogP contribution >= 0.6 is 11.8 Å². The highest BCUT2D eigenvalue weighted by Crippen LogP contribution is 2.61. The molecule has 0 spiro atoms. The maximum atomic E-state index is 12.9. The summed E-state index contributed by atoms with van der Waals surface area (Å²) in [5, 5.41) is 12.8. The number of carbonyl (C=O) groups is 1. The zero-order valence-corrected chi connectivity index (χ0v) is 20.0. The van der Waals surface area contributed by atoms with E-state index in [1.807, 2.05) is 6.92 Å². The average Bonchev–Trinajstić information content (AvgIpc) is 3.07. The number of benzene rings is 1. The zero-order chi connectivity index (χ0) is 21.8. The highest BCUT2D eigenvalue weighted by Gasteiger charge is 2.53. The second-order valence-electron chi connectivity index (χ2n) is 10.5. The summed E-state index contributed by atoms with van der Waals surface area (Å²) < 4.78 is 2.07. The fourth-order valence-corrected chi connectivity index (χ4v) is 7.75. The van der Waals surface area contributed by atoms with E-state index in [-0.39, 0.29) is 11.9 Å². The van der Waals surface area contributed by atoms with E-state index in [1.165, 1.54) is 61.4 Å². The molecular weight excluding hydrogens is 404 g/mol. The minimum Gasteiger partial charge on any atom is -0.352 e. The van der Waals surface area contributed by atoms with Gasteiger partial charge in [-0.3, -0.25) is 9.36 Å².